The molecule has 1 aromatic carbocycles. The van der Waals surface area contributed by atoms with E-state index in [4.69, 9.17) is 11.6 Å². The molecule has 188 valence electrons. The van der Waals surface area contributed by atoms with Crippen LogP contribution >= 0.6 is 11.6 Å². The number of aliphatic imine (C=N–C) groups is 2. The van der Waals surface area contributed by atoms with Crippen LogP contribution in [0.5, 0.6) is 0 Å². The standard InChI is InChI=1S/C25H34ClF3N4O/c1-4-18(8-5-6-11-34)17(2)13-33-14-21(22(15-33)32-16-26)25(30-3)31-12-19-9-7-10-20(23(19)27)24(28)29/h7,9-11,17-18,24,32H,3-6,8,12-16H2,1-2H3. The summed E-state index contributed by atoms with van der Waals surface area (Å²) in [5, 5.41) is 3.15. The Balaban J connectivity index is 2.14. The fraction of sp³-hybridized carbons (Fsp3) is 0.560. The van der Waals surface area contributed by atoms with E-state index >= 15 is 0 Å². The second-order valence-corrected chi connectivity index (χ2v) is 8.87. The first-order valence-electron chi connectivity index (χ1n) is 11.6. The average Bonchev–Trinajstić information content (AvgIpc) is 3.20. The lowest BCUT2D eigenvalue weighted by molar-refractivity contribution is -0.108. The van der Waals surface area contributed by atoms with E-state index in [2.05, 4.69) is 40.8 Å². The number of halogens is 4. The van der Waals surface area contributed by atoms with Crippen LogP contribution in [0, 0.1) is 17.7 Å². The maximum atomic E-state index is 14.4. The molecule has 34 heavy (non-hydrogen) atoms. The van der Waals surface area contributed by atoms with Gasteiger partial charge in [-0.25, -0.2) is 18.2 Å². The van der Waals surface area contributed by atoms with E-state index in [1.807, 2.05) is 0 Å². The van der Waals surface area contributed by atoms with E-state index in [0.717, 1.165) is 49.4 Å². The molecule has 0 spiro atoms. The van der Waals surface area contributed by atoms with Crippen LogP contribution in [0.2, 0.25) is 0 Å². The molecule has 1 aliphatic rings. The summed E-state index contributed by atoms with van der Waals surface area (Å²) in [5.74, 6) is 0.350. The van der Waals surface area contributed by atoms with Gasteiger partial charge in [-0.05, 0) is 31.4 Å². The van der Waals surface area contributed by atoms with Crippen LogP contribution in [0.4, 0.5) is 13.2 Å². The fourth-order valence-electron chi connectivity index (χ4n) is 4.47. The number of carbonyl (C=O) groups is 1. The van der Waals surface area contributed by atoms with Gasteiger partial charge in [0.1, 0.15) is 12.1 Å². The number of alkyl halides is 3. The van der Waals surface area contributed by atoms with Gasteiger partial charge in [-0.1, -0.05) is 38.5 Å². The Morgan fingerprint density at radius 3 is 2.74 bits per heavy atom. The van der Waals surface area contributed by atoms with Gasteiger partial charge in [0, 0.05) is 42.9 Å². The first-order valence-corrected chi connectivity index (χ1v) is 12.1. The Hall–Kier alpha value is -2.19. The van der Waals surface area contributed by atoms with Crippen molar-refractivity contribution >= 4 is 30.4 Å². The number of unbranched alkanes of at least 4 members (excludes halogenated alkanes) is 1. The van der Waals surface area contributed by atoms with E-state index in [0.29, 0.717) is 37.2 Å². The predicted molar refractivity (Wildman–Crippen MR) is 132 cm³/mol. The van der Waals surface area contributed by atoms with Gasteiger partial charge in [-0.2, -0.15) is 0 Å². The van der Waals surface area contributed by atoms with Gasteiger partial charge in [0.2, 0.25) is 0 Å². The SMILES string of the molecule is C=NC(=NCc1cccc(C(F)F)c1F)C1=C(NCCl)CN(CC(C)C(CC)CCCC=O)C1. The van der Waals surface area contributed by atoms with Crippen molar-refractivity contribution in [1.29, 1.82) is 0 Å². The number of rotatable bonds is 14. The number of nitrogens with zero attached hydrogens (tertiary/aromatic N) is 3. The molecule has 0 aliphatic carbocycles. The molecule has 0 amide bonds. The minimum atomic E-state index is -2.89. The number of amidine groups is 1. The quantitative estimate of drug-likeness (QED) is 0.0887. The molecule has 1 aromatic rings. The molecular weight excluding hydrogens is 465 g/mol. The highest BCUT2D eigenvalue weighted by atomic mass is 35.5. The van der Waals surface area contributed by atoms with E-state index in [1.165, 1.54) is 12.1 Å². The average molecular weight is 499 g/mol. The third-order valence-corrected chi connectivity index (χ3v) is 6.48. The summed E-state index contributed by atoms with van der Waals surface area (Å²) in [4.78, 5) is 21.4. The number of hydrogen-bond donors (Lipinski definition) is 1. The van der Waals surface area contributed by atoms with Crippen LogP contribution < -0.4 is 5.32 Å². The molecule has 2 atom stereocenters. The number of hydrogen-bond acceptors (Lipinski definition) is 4. The van der Waals surface area contributed by atoms with E-state index in [-0.39, 0.29) is 18.1 Å². The van der Waals surface area contributed by atoms with Gasteiger partial charge in [0.25, 0.3) is 6.43 Å². The van der Waals surface area contributed by atoms with Crippen molar-refractivity contribution in [2.75, 3.05) is 25.6 Å². The Kier molecular flexibility index (Phi) is 11.8. The zero-order chi connectivity index (χ0) is 25.1. The van der Waals surface area contributed by atoms with Crippen molar-refractivity contribution < 1.29 is 18.0 Å². The van der Waals surface area contributed by atoms with Crippen LogP contribution in [0.3, 0.4) is 0 Å². The highest BCUT2D eigenvalue weighted by Crippen LogP contribution is 2.27. The van der Waals surface area contributed by atoms with Gasteiger partial charge in [0.05, 0.1) is 18.1 Å². The van der Waals surface area contributed by atoms with E-state index in [9.17, 15) is 18.0 Å². The Labute approximate surface area is 205 Å². The summed E-state index contributed by atoms with van der Waals surface area (Å²) in [6.07, 6.45) is 1.63. The van der Waals surface area contributed by atoms with Crippen molar-refractivity contribution in [3.63, 3.8) is 0 Å². The second kappa shape index (κ2) is 14.3. The lowest BCUT2D eigenvalue weighted by Gasteiger charge is -2.27. The number of aldehydes is 1. The number of benzene rings is 1. The maximum Gasteiger partial charge on any atom is 0.266 e. The maximum absolute atomic E-state index is 14.4. The van der Waals surface area contributed by atoms with Gasteiger partial charge in [-0.3, -0.25) is 9.89 Å². The second-order valence-electron chi connectivity index (χ2n) is 8.60. The number of nitrogens with one attached hydrogen (secondary N) is 1. The third kappa shape index (κ3) is 7.67. The molecule has 1 aliphatic heterocycles. The minimum absolute atomic E-state index is 0.0796. The molecule has 5 nitrogen and oxygen atoms in total. The van der Waals surface area contributed by atoms with Crippen LogP contribution in [0.15, 0.2) is 39.5 Å². The van der Waals surface area contributed by atoms with Gasteiger partial charge in [0.15, 0.2) is 5.84 Å². The van der Waals surface area contributed by atoms with Gasteiger partial charge < -0.3 is 10.1 Å². The molecule has 1 heterocycles. The van der Waals surface area contributed by atoms with Crippen molar-refractivity contribution in [3.05, 3.63) is 46.4 Å². The highest BCUT2D eigenvalue weighted by molar-refractivity contribution is 6.17. The topological polar surface area (TPSA) is 57.1 Å². The van der Waals surface area contributed by atoms with Crippen LogP contribution in [0.1, 0.15) is 57.1 Å². The first-order chi connectivity index (χ1) is 16.4. The van der Waals surface area contributed by atoms with Crippen molar-refractivity contribution in [2.45, 2.75) is 52.5 Å². The van der Waals surface area contributed by atoms with Crippen molar-refractivity contribution in [2.24, 2.45) is 21.8 Å². The van der Waals surface area contributed by atoms with Crippen molar-refractivity contribution in [1.82, 2.24) is 10.2 Å². The molecule has 0 bridgehead atoms. The molecule has 0 radical (unpaired) electrons. The number of carbonyl (C=O) groups excluding carboxylic acids is 1. The normalized spacial score (nSPS) is 16.7. The van der Waals surface area contributed by atoms with E-state index < -0.39 is 17.8 Å². The Bertz CT molecular complexity index is 891. The third-order valence-electron chi connectivity index (χ3n) is 6.34. The summed E-state index contributed by atoms with van der Waals surface area (Å²) in [6.45, 7) is 9.95. The lowest BCUT2D eigenvalue weighted by atomic mass is 9.87. The first kappa shape index (κ1) is 28.1. The zero-order valence-corrected chi connectivity index (χ0v) is 20.6. The molecule has 0 saturated carbocycles. The summed E-state index contributed by atoms with van der Waals surface area (Å²) >= 11 is 5.93. The molecule has 0 aromatic heterocycles. The molecule has 1 N–H and O–H groups in total. The molecule has 2 rings (SSSR count). The summed E-state index contributed by atoms with van der Waals surface area (Å²) in [7, 11) is 0. The lowest BCUT2D eigenvalue weighted by Crippen LogP contribution is -2.31. The van der Waals surface area contributed by atoms with Crippen LogP contribution in [-0.4, -0.2) is 49.4 Å². The molecule has 0 fully saturated rings. The highest BCUT2D eigenvalue weighted by Gasteiger charge is 2.28. The molecule has 0 saturated heterocycles. The van der Waals surface area contributed by atoms with Crippen molar-refractivity contribution in [3.8, 4) is 0 Å². The Morgan fingerprint density at radius 2 is 2.12 bits per heavy atom. The summed E-state index contributed by atoms with van der Waals surface area (Å²) in [6, 6.07) is 4.12. The van der Waals surface area contributed by atoms with Gasteiger partial charge >= 0.3 is 0 Å². The molecular formula is C25H34ClF3N4O. The predicted octanol–water partition coefficient (Wildman–Crippen LogP) is 5.75. The van der Waals surface area contributed by atoms with Gasteiger partial charge in [-0.15, -0.1) is 11.6 Å². The summed E-state index contributed by atoms with van der Waals surface area (Å²) in [5.41, 5.74) is 1.14. The zero-order valence-electron chi connectivity index (χ0n) is 19.9. The van der Waals surface area contributed by atoms with Crippen LogP contribution in [-0.2, 0) is 11.3 Å². The monoisotopic (exact) mass is 498 g/mol. The fourth-order valence-corrected chi connectivity index (χ4v) is 4.64. The van der Waals surface area contributed by atoms with E-state index in [1.54, 1.807) is 0 Å². The van der Waals surface area contributed by atoms with Crippen LogP contribution in [0.25, 0.3) is 0 Å². The minimum Gasteiger partial charge on any atom is -0.374 e. The largest absolute Gasteiger partial charge is 0.374 e. The molecule has 9 heteroatoms. The summed E-state index contributed by atoms with van der Waals surface area (Å²) < 4.78 is 40.4. The Morgan fingerprint density at radius 1 is 1.35 bits per heavy atom. The molecule has 2 unspecified atom stereocenters. The smallest absolute Gasteiger partial charge is 0.266 e.